The van der Waals surface area contributed by atoms with E-state index in [0.717, 1.165) is 30.4 Å². The van der Waals surface area contributed by atoms with E-state index in [4.69, 9.17) is 0 Å². The van der Waals surface area contributed by atoms with Crippen molar-refractivity contribution >= 4 is 12.0 Å². The van der Waals surface area contributed by atoms with Crippen molar-refractivity contribution in [1.29, 1.82) is 0 Å². The van der Waals surface area contributed by atoms with Crippen molar-refractivity contribution in [2.45, 2.75) is 78.2 Å². The molecule has 0 saturated carbocycles. The molecular formula is C25H33NO. The highest BCUT2D eigenvalue weighted by molar-refractivity contribution is 5.86. The summed E-state index contributed by atoms with van der Waals surface area (Å²) in [5, 5.41) is 3.74. The molecule has 2 nitrogen and oxygen atoms in total. The van der Waals surface area contributed by atoms with Gasteiger partial charge in [-0.1, -0.05) is 65.8 Å². The summed E-state index contributed by atoms with van der Waals surface area (Å²) in [6, 6.07) is 11.1. The predicted molar refractivity (Wildman–Crippen MR) is 115 cm³/mol. The van der Waals surface area contributed by atoms with E-state index in [1.807, 2.05) is 12.1 Å². The van der Waals surface area contributed by atoms with E-state index >= 15 is 0 Å². The third-order valence-electron chi connectivity index (χ3n) is 5.86. The second kappa shape index (κ2) is 7.88. The maximum Gasteiger partial charge on any atom is 0.152 e. The average molecular weight is 364 g/mol. The summed E-state index contributed by atoms with van der Waals surface area (Å²) in [6.07, 6.45) is 3.05. The molecule has 0 bridgehead atoms. The summed E-state index contributed by atoms with van der Waals surface area (Å²) in [5.74, 6) is 1.47. The number of anilines is 1. The first-order chi connectivity index (χ1) is 12.8. The largest absolute Gasteiger partial charge is 0.377 e. The van der Waals surface area contributed by atoms with Crippen LogP contribution < -0.4 is 5.32 Å². The molecule has 0 aromatic heterocycles. The third-order valence-corrected chi connectivity index (χ3v) is 5.86. The van der Waals surface area contributed by atoms with Gasteiger partial charge in [-0.2, -0.15) is 0 Å². The van der Waals surface area contributed by atoms with Gasteiger partial charge in [-0.05, 0) is 64.5 Å². The lowest BCUT2D eigenvalue weighted by Crippen LogP contribution is -2.23. The summed E-state index contributed by atoms with van der Waals surface area (Å²) in [5.41, 5.74) is 8.84. The van der Waals surface area contributed by atoms with E-state index in [9.17, 15) is 4.79 Å². The fraction of sp³-hybridized carbons (Fsp3) is 0.480. The van der Waals surface area contributed by atoms with Gasteiger partial charge in [0.25, 0.3) is 0 Å². The number of benzene rings is 2. The van der Waals surface area contributed by atoms with Gasteiger partial charge in [-0.25, -0.2) is 0 Å². The first-order valence-electron chi connectivity index (χ1n) is 10.3. The first-order valence-corrected chi connectivity index (χ1v) is 10.3. The number of fused-ring (bicyclic) bond motifs is 1. The van der Waals surface area contributed by atoms with E-state index in [1.54, 1.807) is 0 Å². The van der Waals surface area contributed by atoms with Crippen LogP contribution in [-0.2, 0) is 6.42 Å². The zero-order valence-corrected chi connectivity index (χ0v) is 17.6. The Morgan fingerprint density at radius 2 is 1.59 bits per heavy atom. The molecule has 0 spiro atoms. The second-order valence-electron chi connectivity index (χ2n) is 8.81. The number of rotatable bonds is 5. The fourth-order valence-corrected chi connectivity index (χ4v) is 4.28. The maximum atomic E-state index is 11.6. The van der Waals surface area contributed by atoms with Crippen LogP contribution in [0.25, 0.3) is 0 Å². The van der Waals surface area contributed by atoms with Crippen LogP contribution in [0, 0.1) is 0 Å². The summed E-state index contributed by atoms with van der Waals surface area (Å²) in [7, 11) is 0. The van der Waals surface area contributed by atoms with E-state index in [0.29, 0.717) is 17.8 Å². The predicted octanol–water partition coefficient (Wildman–Crippen LogP) is 6.97. The van der Waals surface area contributed by atoms with Gasteiger partial charge in [0.2, 0.25) is 0 Å². The van der Waals surface area contributed by atoms with Crippen molar-refractivity contribution in [1.82, 2.24) is 0 Å². The molecule has 1 unspecified atom stereocenters. The van der Waals surface area contributed by atoms with Crippen molar-refractivity contribution < 1.29 is 4.79 Å². The Morgan fingerprint density at radius 3 is 2.11 bits per heavy atom. The van der Waals surface area contributed by atoms with E-state index in [-0.39, 0.29) is 6.04 Å². The molecule has 144 valence electrons. The number of aryl methyl sites for hydroxylation is 1. The lowest BCUT2D eigenvalue weighted by atomic mass is 9.79. The Labute approximate surface area is 164 Å². The SMILES string of the molecule is CC(C)c1cc(C(C)C)c(C2CCc3cccc(C=O)c3N2)c(C(C)C)c1. The molecule has 0 radical (unpaired) electrons. The molecule has 2 aromatic carbocycles. The number of nitrogens with one attached hydrogen (secondary N) is 1. The van der Waals surface area contributed by atoms with Gasteiger partial charge in [0.15, 0.2) is 6.29 Å². The van der Waals surface area contributed by atoms with Gasteiger partial charge < -0.3 is 5.32 Å². The highest BCUT2D eigenvalue weighted by Crippen LogP contribution is 2.41. The molecule has 2 heteroatoms. The molecule has 2 aromatic rings. The second-order valence-corrected chi connectivity index (χ2v) is 8.81. The third kappa shape index (κ3) is 3.81. The molecular weight excluding hydrogens is 330 g/mol. The zero-order chi connectivity index (χ0) is 19.7. The highest BCUT2D eigenvalue weighted by atomic mass is 16.1. The molecule has 1 heterocycles. The quantitative estimate of drug-likeness (QED) is 0.581. The van der Waals surface area contributed by atoms with E-state index in [2.05, 4.69) is 65.1 Å². The summed E-state index contributed by atoms with van der Waals surface area (Å²) in [4.78, 5) is 11.6. The standard InChI is InChI=1S/C25H33NO/c1-15(2)20-12-21(16(3)4)24(22(13-20)17(5)6)23-11-10-18-8-7-9-19(14-27)25(18)26-23/h7-9,12-17,23,26H,10-11H2,1-6H3. The smallest absolute Gasteiger partial charge is 0.152 e. The van der Waals surface area contributed by atoms with Crippen molar-refractivity contribution in [2.24, 2.45) is 0 Å². The van der Waals surface area contributed by atoms with Gasteiger partial charge in [-0.3, -0.25) is 4.79 Å². The molecule has 0 amide bonds. The van der Waals surface area contributed by atoms with Gasteiger partial charge in [-0.15, -0.1) is 0 Å². The Hall–Kier alpha value is -2.09. The van der Waals surface area contributed by atoms with E-state index < -0.39 is 0 Å². The minimum absolute atomic E-state index is 0.259. The molecule has 1 aliphatic rings. The van der Waals surface area contributed by atoms with Crippen LogP contribution in [0.2, 0.25) is 0 Å². The number of para-hydroxylation sites is 1. The molecule has 3 rings (SSSR count). The van der Waals surface area contributed by atoms with Gasteiger partial charge in [0.1, 0.15) is 0 Å². The topological polar surface area (TPSA) is 29.1 Å². The fourth-order valence-electron chi connectivity index (χ4n) is 4.28. The van der Waals surface area contributed by atoms with Gasteiger partial charge >= 0.3 is 0 Å². The number of hydrogen-bond donors (Lipinski definition) is 1. The summed E-state index contributed by atoms with van der Waals surface area (Å²) in [6.45, 7) is 13.7. The van der Waals surface area contributed by atoms with Crippen LogP contribution in [0.3, 0.4) is 0 Å². The van der Waals surface area contributed by atoms with Crippen molar-refractivity contribution in [3.63, 3.8) is 0 Å². The van der Waals surface area contributed by atoms with Crippen LogP contribution in [0.5, 0.6) is 0 Å². The zero-order valence-electron chi connectivity index (χ0n) is 17.6. The van der Waals surface area contributed by atoms with Gasteiger partial charge in [0.05, 0.1) is 6.04 Å². The lowest BCUT2D eigenvalue weighted by Gasteiger charge is -2.33. The van der Waals surface area contributed by atoms with Crippen molar-refractivity contribution in [2.75, 3.05) is 5.32 Å². The minimum atomic E-state index is 0.259. The summed E-state index contributed by atoms with van der Waals surface area (Å²) >= 11 is 0. The van der Waals surface area contributed by atoms with Crippen LogP contribution in [0.1, 0.15) is 110 Å². The number of carbonyl (C=O) groups is 1. The molecule has 0 saturated heterocycles. The molecule has 0 fully saturated rings. The normalized spacial score (nSPS) is 16.6. The number of hydrogen-bond acceptors (Lipinski definition) is 2. The number of aldehydes is 1. The summed E-state index contributed by atoms with van der Waals surface area (Å²) < 4.78 is 0. The number of carbonyl (C=O) groups excluding carboxylic acids is 1. The molecule has 1 N–H and O–H groups in total. The average Bonchev–Trinajstić information content (AvgIpc) is 2.65. The van der Waals surface area contributed by atoms with Gasteiger partial charge in [0, 0.05) is 11.3 Å². The maximum absolute atomic E-state index is 11.6. The Kier molecular flexibility index (Phi) is 5.74. The minimum Gasteiger partial charge on any atom is -0.377 e. The molecule has 1 aliphatic heterocycles. The Bertz CT molecular complexity index is 803. The van der Waals surface area contributed by atoms with Crippen molar-refractivity contribution in [3.8, 4) is 0 Å². The molecule has 27 heavy (non-hydrogen) atoms. The Balaban J connectivity index is 2.14. The Morgan fingerprint density at radius 1 is 0.963 bits per heavy atom. The lowest BCUT2D eigenvalue weighted by molar-refractivity contribution is 0.112. The highest BCUT2D eigenvalue weighted by Gasteiger charge is 2.27. The first kappa shape index (κ1) is 19.7. The monoisotopic (exact) mass is 363 g/mol. The van der Waals surface area contributed by atoms with Crippen LogP contribution in [0.4, 0.5) is 5.69 Å². The van der Waals surface area contributed by atoms with Crippen LogP contribution in [-0.4, -0.2) is 6.29 Å². The molecule has 1 atom stereocenters. The van der Waals surface area contributed by atoms with Crippen LogP contribution in [0.15, 0.2) is 30.3 Å². The molecule has 0 aliphatic carbocycles. The van der Waals surface area contributed by atoms with Crippen LogP contribution >= 0.6 is 0 Å². The van der Waals surface area contributed by atoms with Crippen molar-refractivity contribution in [3.05, 3.63) is 63.7 Å². The van der Waals surface area contributed by atoms with E-state index in [1.165, 1.54) is 27.8 Å².